The van der Waals surface area contributed by atoms with Gasteiger partial charge in [-0.25, -0.2) is 4.98 Å². The molecule has 3 aromatic carbocycles. The van der Waals surface area contributed by atoms with Crippen molar-refractivity contribution in [2.45, 2.75) is 13.5 Å². The van der Waals surface area contributed by atoms with Crippen LogP contribution in [-0.2, 0) is 11.3 Å². The molecule has 2 heterocycles. The van der Waals surface area contributed by atoms with Gasteiger partial charge in [0.25, 0.3) is 11.6 Å². The Morgan fingerprint density at radius 3 is 2.64 bits per heavy atom. The van der Waals surface area contributed by atoms with Crippen LogP contribution in [0.4, 0.5) is 16.5 Å². The lowest BCUT2D eigenvalue weighted by Crippen LogP contribution is -2.36. The number of fused-ring (bicyclic) bond motifs is 1. The molecule has 184 valence electrons. The second-order valence-corrected chi connectivity index (χ2v) is 9.87. The zero-order valence-electron chi connectivity index (χ0n) is 19.5. The minimum absolute atomic E-state index is 0.102. The molecule has 8 nitrogen and oxygen atoms in total. The van der Waals surface area contributed by atoms with Crippen molar-refractivity contribution in [3.63, 3.8) is 0 Å². The molecule has 0 atom stereocenters. The Bertz CT molecular complexity index is 1440. The largest absolute Gasteiger partial charge is 0.378 e. The van der Waals surface area contributed by atoms with Crippen LogP contribution < -0.4 is 9.80 Å². The van der Waals surface area contributed by atoms with E-state index in [4.69, 9.17) is 21.3 Å². The van der Waals surface area contributed by atoms with E-state index in [1.165, 1.54) is 17.4 Å². The molecule has 36 heavy (non-hydrogen) atoms. The van der Waals surface area contributed by atoms with Crippen LogP contribution in [0.3, 0.4) is 0 Å². The van der Waals surface area contributed by atoms with Gasteiger partial charge in [0.1, 0.15) is 5.69 Å². The summed E-state index contributed by atoms with van der Waals surface area (Å²) in [5, 5.41) is 13.1. The fourth-order valence-corrected chi connectivity index (χ4v) is 5.40. The van der Waals surface area contributed by atoms with Crippen molar-refractivity contribution in [2.24, 2.45) is 0 Å². The van der Waals surface area contributed by atoms with E-state index in [1.54, 1.807) is 17.0 Å². The Labute approximate surface area is 216 Å². The first-order chi connectivity index (χ1) is 17.4. The Balaban J connectivity index is 1.56. The molecule has 4 aromatic rings. The molecule has 5 rings (SSSR count). The number of rotatable bonds is 6. The van der Waals surface area contributed by atoms with Crippen molar-refractivity contribution >= 4 is 55.6 Å². The van der Waals surface area contributed by atoms with Gasteiger partial charge in [0.15, 0.2) is 5.13 Å². The van der Waals surface area contributed by atoms with Crippen molar-refractivity contribution in [1.29, 1.82) is 0 Å². The zero-order chi connectivity index (χ0) is 25.2. The summed E-state index contributed by atoms with van der Waals surface area (Å²) in [4.78, 5) is 33.6. The van der Waals surface area contributed by atoms with Crippen LogP contribution in [0, 0.1) is 17.0 Å². The number of carbonyl (C=O) groups excluding carboxylic acids is 1. The summed E-state index contributed by atoms with van der Waals surface area (Å²) in [7, 11) is 0. The number of ether oxygens (including phenoxy) is 1. The lowest BCUT2D eigenvalue weighted by Gasteiger charge is -2.28. The number of aromatic nitrogens is 1. The maximum absolute atomic E-state index is 13.9. The second-order valence-electron chi connectivity index (χ2n) is 8.45. The molecule has 0 saturated carbocycles. The number of hydrogen-bond donors (Lipinski definition) is 0. The minimum atomic E-state index is -0.438. The Morgan fingerprint density at radius 2 is 1.92 bits per heavy atom. The van der Waals surface area contributed by atoms with E-state index in [0.717, 1.165) is 21.3 Å². The number of nitrogens with zero attached hydrogens (tertiary/aromatic N) is 4. The van der Waals surface area contributed by atoms with Crippen molar-refractivity contribution in [3.8, 4) is 0 Å². The summed E-state index contributed by atoms with van der Waals surface area (Å²) in [6.07, 6.45) is 0. The predicted molar refractivity (Wildman–Crippen MR) is 142 cm³/mol. The number of hydrogen-bond acceptors (Lipinski definition) is 7. The van der Waals surface area contributed by atoms with E-state index < -0.39 is 4.92 Å². The number of nitro benzene ring substituents is 1. The molecule has 1 fully saturated rings. The van der Waals surface area contributed by atoms with Gasteiger partial charge in [-0.2, -0.15) is 0 Å². The lowest BCUT2D eigenvalue weighted by atomic mass is 10.1. The third-order valence-corrected chi connectivity index (χ3v) is 7.62. The van der Waals surface area contributed by atoms with E-state index in [9.17, 15) is 14.9 Å². The van der Waals surface area contributed by atoms with Crippen molar-refractivity contribution in [2.75, 3.05) is 36.1 Å². The van der Waals surface area contributed by atoms with E-state index in [0.29, 0.717) is 42.1 Å². The molecule has 0 aliphatic carbocycles. The minimum Gasteiger partial charge on any atom is -0.378 e. The number of halogens is 1. The number of thiazole rings is 1. The maximum atomic E-state index is 13.9. The number of benzene rings is 3. The van der Waals surface area contributed by atoms with Gasteiger partial charge in [-0.3, -0.25) is 19.8 Å². The van der Waals surface area contributed by atoms with E-state index in [-0.39, 0.29) is 23.7 Å². The van der Waals surface area contributed by atoms with Crippen LogP contribution >= 0.6 is 22.9 Å². The van der Waals surface area contributed by atoms with Crippen LogP contribution in [0.1, 0.15) is 21.5 Å². The third kappa shape index (κ3) is 4.77. The summed E-state index contributed by atoms with van der Waals surface area (Å²) in [6.45, 7) is 4.29. The van der Waals surface area contributed by atoms with Gasteiger partial charge in [0, 0.05) is 29.7 Å². The third-order valence-electron chi connectivity index (χ3n) is 6.17. The Hall–Kier alpha value is -3.53. The smallest absolute Gasteiger partial charge is 0.293 e. The van der Waals surface area contributed by atoms with Crippen LogP contribution in [0.25, 0.3) is 10.2 Å². The fourth-order valence-electron chi connectivity index (χ4n) is 4.23. The maximum Gasteiger partial charge on any atom is 0.293 e. The average molecular weight is 523 g/mol. The second kappa shape index (κ2) is 10.2. The van der Waals surface area contributed by atoms with Crippen molar-refractivity contribution in [3.05, 3.63) is 92.5 Å². The van der Waals surface area contributed by atoms with Crippen LogP contribution in [-0.4, -0.2) is 42.1 Å². The summed E-state index contributed by atoms with van der Waals surface area (Å²) in [6, 6.07) is 17.9. The summed E-state index contributed by atoms with van der Waals surface area (Å²) in [5.41, 5.74) is 3.10. The van der Waals surface area contributed by atoms with Gasteiger partial charge < -0.3 is 9.64 Å². The first-order valence-electron chi connectivity index (χ1n) is 11.4. The number of amides is 1. The van der Waals surface area contributed by atoms with Crippen LogP contribution in [0.5, 0.6) is 0 Å². The average Bonchev–Trinajstić information content (AvgIpc) is 3.34. The number of anilines is 2. The van der Waals surface area contributed by atoms with Crippen LogP contribution in [0.15, 0.2) is 60.7 Å². The Kier molecular flexibility index (Phi) is 6.86. The van der Waals surface area contributed by atoms with Gasteiger partial charge in [-0.05, 0) is 42.3 Å². The molecule has 1 aromatic heterocycles. The molecule has 0 N–H and O–H groups in total. The van der Waals surface area contributed by atoms with Gasteiger partial charge in [-0.15, -0.1) is 0 Å². The highest BCUT2D eigenvalue weighted by molar-refractivity contribution is 7.22. The fraction of sp³-hybridized carbons (Fsp3) is 0.231. The Morgan fingerprint density at radius 1 is 1.17 bits per heavy atom. The molecule has 0 bridgehead atoms. The van der Waals surface area contributed by atoms with E-state index >= 15 is 0 Å². The first-order valence-corrected chi connectivity index (χ1v) is 12.6. The van der Waals surface area contributed by atoms with Gasteiger partial charge in [-0.1, -0.05) is 53.3 Å². The van der Waals surface area contributed by atoms with Gasteiger partial charge >= 0.3 is 0 Å². The standard InChI is InChI=1S/C26H23ClN4O4S/c1-17-20(27)8-10-23-24(17)28-26(36-23)30(16-18-5-3-2-4-6-18)25(32)19-7-9-21(22(15-19)31(33)34)29-11-13-35-14-12-29/h2-10,15H,11-14,16H2,1H3. The molecule has 1 aliphatic rings. The highest BCUT2D eigenvalue weighted by Gasteiger charge is 2.27. The molecular formula is C26H23ClN4O4S. The van der Waals surface area contributed by atoms with Crippen LogP contribution in [0.2, 0.25) is 5.02 Å². The molecule has 0 unspecified atom stereocenters. The summed E-state index contributed by atoms with van der Waals surface area (Å²) < 4.78 is 6.28. The molecule has 1 saturated heterocycles. The molecule has 1 aliphatic heterocycles. The monoisotopic (exact) mass is 522 g/mol. The highest BCUT2D eigenvalue weighted by Crippen LogP contribution is 2.36. The number of carbonyl (C=O) groups is 1. The number of nitro groups is 1. The van der Waals surface area contributed by atoms with E-state index in [2.05, 4.69) is 0 Å². The number of morpholine rings is 1. The molecule has 0 radical (unpaired) electrons. The van der Waals surface area contributed by atoms with Gasteiger partial charge in [0.2, 0.25) is 0 Å². The summed E-state index contributed by atoms with van der Waals surface area (Å²) >= 11 is 7.69. The van der Waals surface area contributed by atoms with Crippen molar-refractivity contribution < 1.29 is 14.5 Å². The molecule has 0 spiro atoms. The normalized spacial score (nSPS) is 13.7. The first kappa shape index (κ1) is 24.2. The summed E-state index contributed by atoms with van der Waals surface area (Å²) in [5.74, 6) is -0.363. The highest BCUT2D eigenvalue weighted by atomic mass is 35.5. The van der Waals surface area contributed by atoms with E-state index in [1.807, 2.05) is 54.3 Å². The molecule has 10 heteroatoms. The number of aryl methyl sites for hydroxylation is 1. The van der Waals surface area contributed by atoms with Gasteiger partial charge in [0.05, 0.1) is 34.9 Å². The molecular weight excluding hydrogens is 500 g/mol. The van der Waals surface area contributed by atoms with Crippen molar-refractivity contribution in [1.82, 2.24) is 4.98 Å². The SMILES string of the molecule is Cc1c(Cl)ccc2sc(N(Cc3ccccc3)C(=O)c3ccc(N4CCOCC4)c([N+](=O)[O-])c3)nc12. The predicted octanol–water partition coefficient (Wildman–Crippen LogP) is 5.85. The topological polar surface area (TPSA) is 88.8 Å². The lowest BCUT2D eigenvalue weighted by molar-refractivity contribution is -0.384. The molecule has 1 amide bonds. The zero-order valence-corrected chi connectivity index (χ0v) is 21.1. The quantitative estimate of drug-likeness (QED) is 0.233.